The van der Waals surface area contributed by atoms with Gasteiger partial charge in [0.15, 0.2) is 0 Å². The average molecular weight is 336 g/mol. The molecule has 2 aromatic rings. The summed E-state index contributed by atoms with van der Waals surface area (Å²) in [5.74, 6) is 3.28. The molecule has 2 unspecified atom stereocenters. The second-order valence-electron chi connectivity index (χ2n) is 7.78. The lowest BCUT2D eigenvalue weighted by Crippen LogP contribution is -2.29. The maximum Gasteiger partial charge on any atom is 0.132 e. The monoisotopic (exact) mass is 336 g/mol. The molecule has 4 heterocycles. The minimum atomic E-state index is 0.689. The smallest absolute Gasteiger partial charge is 0.132 e. The molecule has 2 aromatic heterocycles. The Bertz CT molecular complexity index is 760. The summed E-state index contributed by atoms with van der Waals surface area (Å²) in [4.78, 5) is 22.9. The molecule has 0 spiro atoms. The number of nitrogens with zero attached hydrogens (tertiary/aromatic N) is 6. The summed E-state index contributed by atoms with van der Waals surface area (Å²) < 4.78 is 0. The van der Waals surface area contributed by atoms with Gasteiger partial charge in [0.2, 0.25) is 0 Å². The van der Waals surface area contributed by atoms with Crippen molar-refractivity contribution in [3.8, 4) is 0 Å². The Balaban J connectivity index is 1.23. The lowest BCUT2D eigenvalue weighted by atomic mass is 10.0. The number of fused-ring (bicyclic) bond motifs is 1. The van der Waals surface area contributed by atoms with Gasteiger partial charge in [0.05, 0.1) is 11.4 Å². The second kappa shape index (κ2) is 6.02. The van der Waals surface area contributed by atoms with Crippen molar-refractivity contribution >= 4 is 5.82 Å². The number of aromatic nitrogens is 4. The van der Waals surface area contributed by atoms with Gasteiger partial charge < -0.3 is 4.90 Å². The zero-order chi connectivity index (χ0) is 16.8. The number of aryl methyl sites for hydroxylation is 1. The minimum absolute atomic E-state index is 0.689. The molecule has 2 atom stereocenters. The summed E-state index contributed by atoms with van der Waals surface area (Å²) in [6, 6.07) is 2.22. The normalized spacial score (nSPS) is 26.2. The molecule has 25 heavy (non-hydrogen) atoms. The van der Waals surface area contributed by atoms with Crippen LogP contribution in [0.1, 0.15) is 35.8 Å². The Labute approximate surface area is 148 Å². The van der Waals surface area contributed by atoms with E-state index >= 15 is 0 Å². The molecule has 130 valence electrons. The fraction of sp³-hybridized carbons (Fsp3) is 0.579. The quantitative estimate of drug-likeness (QED) is 0.851. The van der Waals surface area contributed by atoms with Crippen LogP contribution >= 0.6 is 0 Å². The van der Waals surface area contributed by atoms with Crippen LogP contribution in [0.15, 0.2) is 24.8 Å². The Morgan fingerprint density at radius 2 is 1.72 bits per heavy atom. The van der Waals surface area contributed by atoms with Gasteiger partial charge in [-0.1, -0.05) is 0 Å². The molecule has 0 bridgehead atoms. The van der Waals surface area contributed by atoms with Crippen LogP contribution in [0.5, 0.6) is 0 Å². The summed E-state index contributed by atoms with van der Waals surface area (Å²) in [6.45, 7) is 7.50. The summed E-state index contributed by atoms with van der Waals surface area (Å²) in [5.41, 5.74) is 3.40. The van der Waals surface area contributed by atoms with Crippen molar-refractivity contribution in [3.63, 3.8) is 0 Å². The minimum Gasteiger partial charge on any atom is -0.356 e. The molecule has 1 saturated carbocycles. The van der Waals surface area contributed by atoms with Crippen LogP contribution in [0.2, 0.25) is 0 Å². The number of rotatable bonds is 4. The molecule has 5 rings (SSSR count). The maximum absolute atomic E-state index is 4.54. The number of anilines is 1. The largest absolute Gasteiger partial charge is 0.356 e. The summed E-state index contributed by atoms with van der Waals surface area (Å²) in [5, 5.41) is 0. The van der Waals surface area contributed by atoms with Gasteiger partial charge in [-0.25, -0.2) is 9.97 Å². The van der Waals surface area contributed by atoms with E-state index in [1.807, 2.05) is 6.92 Å². The Morgan fingerprint density at radius 3 is 2.44 bits per heavy atom. The van der Waals surface area contributed by atoms with E-state index < -0.39 is 0 Å². The highest BCUT2D eigenvalue weighted by atomic mass is 15.3. The molecule has 3 aliphatic rings. The van der Waals surface area contributed by atoms with Gasteiger partial charge >= 0.3 is 0 Å². The number of likely N-dealkylation sites (tertiary alicyclic amines) is 1. The molecule has 0 amide bonds. The van der Waals surface area contributed by atoms with Gasteiger partial charge in [0, 0.05) is 62.8 Å². The standard InChI is InChI=1S/C19H24N6/c1-13-18(21-5-4-20-13)11-24-7-15-9-25(10-16(15)8-24)19-6-17(14-2-3-14)22-12-23-19/h4-6,12,14-16H,2-3,7-11H2,1H3. The fourth-order valence-electron chi connectivity index (χ4n) is 4.35. The van der Waals surface area contributed by atoms with Crippen LogP contribution in [-0.2, 0) is 6.54 Å². The van der Waals surface area contributed by atoms with Gasteiger partial charge in [0.25, 0.3) is 0 Å². The van der Waals surface area contributed by atoms with Crippen LogP contribution in [-0.4, -0.2) is 51.0 Å². The molecule has 1 aliphatic carbocycles. The summed E-state index contributed by atoms with van der Waals surface area (Å²) in [6.07, 6.45) is 7.90. The molecule has 6 nitrogen and oxygen atoms in total. The van der Waals surface area contributed by atoms with Crippen LogP contribution < -0.4 is 4.90 Å². The molecule has 6 heteroatoms. The van der Waals surface area contributed by atoms with Crippen molar-refractivity contribution in [2.24, 2.45) is 11.8 Å². The lowest BCUT2D eigenvalue weighted by Gasteiger charge is -2.22. The van der Waals surface area contributed by atoms with Crippen molar-refractivity contribution in [2.45, 2.75) is 32.2 Å². The van der Waals surface area contributed by atoms with Gasteiger partial charge in [-0.3, -0.25) is 14.9 Å². The molecule has 0 N–H and O–H groups in total. The Morgan fingerprint density at radius 1 is 0.960 bits per heavy atom. The van der Waals surface area contributed by atoms with Gasteiger partial charge in [-0.2, -0.15) is 0 Å². The van der Waals surface area contributed by atoms with Crippen molar-refractivity contribution in [1.82, 2.24) is 24.8 Å². The first-order valence-corrected chi connectivity index (χ1v) is 9.32. The topological polar surface area (TPSA) is 58.0 Å². The molecule has 0 radical (unpaired) electrons. The van der Waals surface area contributed by atoms with E-state index in [-0.39, 0.29) is 0 Å². The third-order valence-electron chi connectivity index (χ3n) is 5.91. The molecule has 0 aromatic carbocycles. The Kier molecular flexibility index (Phi) is 3.66. The second-order valence-corrected chi connectivity index (χ2v) is 7.78. The Hall–Kier alpha value is -2.08. The molecule has 2 aliphatic heterocycles. The zero-order valence-corrected chi connectivity index (χ0v) is 14.7. The highest BCUT2D eigenvalue weighted by Crippen LogP contribution is 2.40. The fourth-order valence-corrected chi connectivity index (χ4v) is 4.35. The van der Waals surface area contributed by atoms with Crippen LogP contribution in [0.25, 0.3) is 0 Å². The van der Waals surface area contributed by atoms with Gasteiger partial charge in [-0.05, 0) is 31.6 Å². The highest BCUT2D eigenvalue weighted by molar-refractivity contribution is 5.42. The highest BCUT2D eigenvalue weighted by Gasteiger charge is 2.40. The van der Waals surface area contributed by atoms with E-state index in [9.17, 15) is 0 Å². The van der Waals surface area contributed by atoms with E-state index in [0.717, 1.165) is 61.8 Å². The third-order valence-corrected chi connectivity index (χ3v) is 5.91. The number of hydrogen-bond acceptors (Lipinski definition) is 6. The predicted octanol–water partition coefficient (Wildman–Crippen LogP) is 2.02. The van der Waals surface area contributed by atoms with E-state index in [1.54, 1.807) is 18.7 Å². The zero-order valence-electron chi connectivity index (χ0n) is 14.7. The van der Waals surface area contributed by atoms with Crippen molar-refractivity contribution in [2.75, 3.05) is 31.1 Å². The first kappa shape index (κ1) is 15.2. The van der Waals surface area contributed by atoms with Crippen molar-refractivity contribution < 1.29 is 0 Å². The first-order chi connectivity index (χ1) is 12.3. The first-order valence-electron chi connectivity index (χ1n) is 9.32. The van der Waals surface area contributed by atoms with Crippen LogP contribution in [0.3, 0.4) is 0 Å². The van der Waals surface area contributed by atoms with Gasteiger partial charge in [-0.15, -0.1) is 0 Å². The van der Waals surface area contributed by atoms with E-state index in [1.165, 1.54) is 18.5 Å². The lowest BCUT2D eigenvalue weighted by molar-refractivity contribution is 0.304. The van der Waals surface area contributed by atoms with Crippen molar-refractivity contribution in [1.29, 1.82) is 0 Å². The predicted molar refractivity (Wildman–Crippen MR) is 95.2 cm³/mol. The SMILES string of the molecule is Cc1nccnc1CN1CC2CN(c3cc(C4CC4)ncn3)CC2C1. The molecular formula is C19H24N6. The molecule has 3 fully saturated rings. The van der Waals surface area contributed by atoms with Gasteiger partial charge in [0.1, 0.15) is 12.1 Å². The average Bonchev–Trinajstić information content (AvgIpc) is 3.30. The van der Waals surface area contributed by atoms with Crippen molar-refractivity contribution in [3.05, 3.63) is 41.9 Å². The number of hydrogen-bond donors (Lipinski definition) is 0. The third kappa shape index (κ3) is 2.99. The van der Waals surface area contributed by atoms with E-state index in [4.69, 9.17) is 0 Å². The van der Waals surface area contributed by atoms with Crippen LogP contribution in [0, 0.1) is 18.8 Å². The summed E-state index contributed by atoms with van der Waals surface area (Å²) in [7, 11) is 0. The maximum atomic E-state index is 4.54. The summed E-state index contributed by atoms with van der Waals surface area (Å²) >= 11 is 0. The molecule has 2 saturated heterocycles. The molecular weight excluding hydrogens is 312 g/mol. The van der Waals surface area contributed by atoms with E-state index in [2.05, 4.69) is 35.8 Å². The van der Waals surface area contributed by atoms with Crippen LogP contribution in [0.4, 0.5) is 5.82 Å². The van der Waals surface area contributed by atoms with E-state index in [0.29, 0.717) is 5.92 Å².